The lowest BCUT2D eigenvalue weighted by Crippen LogP contribution is -2.28. The average Bonchev–Trinajstić information content (AvgIpc) is 2.60. The molecule has 0 aliphatic rings. The molecule has 0 amide bonds. The molecule has 25 heavy (non-hydrogen) atoms. The first-order valence-corrected chi connectivity index (χ1v) is 8.51. The summed E-state index contributed by atoms with van der Waals surface area (Å²) >= 11 is 0. The Balaban J connectivity index is 2.22. The number of sulfonamides is 1. The largest absolute Gasteiger partial charge is 0.546 e. The first-order chi connectivity index (χ1) is 11.9. The van der Waals surface area contributed by atoms with Gasteiger partial charge in [-0.05, 0) is 36.4 Å². The molecule has 2 aromatic rings. The number of carbonyl (C=O) groups excluding carboxylic acids is 1. The molecule has 0 spiro atoms. The molecule has 0 aromatic heterocycles. The first kappa shape index (κ1) is 18.4. The number of carboxylic acid groups (broad SMARTS) is 1. The van der Waals surface area contributed by atoms with Gasteiger partial charge in [-0.15, -0.1) is 0 Å². The van der Waals surface area contributed by atoms with Gasteiger partial charge in [0.1, 0.15) is 28.8 Å². The minimum Gasteiger partial charge on any atom is -0.546 e. The van der Waals surface area contributed by atoms with E-state index < -0.39 is 22.6 Å². The molecule has 0 saturated carbocycles. The molecule has 0 atom stereocenters. The van der Waals surface area contributed by atoms with Gasteiger partial charge in [0.05, 0.1) is 20.2 Å². The van der Waals surface area contributed by atoms with Crippen molar-refractivity contribution in [3.05, 3.63) is 42.5 Å². The van der Waals surface area contributed by atoms with Crippen molar-refractivity contribution < 1.29 is 32.5 Å². The Hall–Kier alpha value is -2.94. The third-order valence-corrected chi connectivity index (χ3v) is 4.53. The third-order valence-electron chi connectivity index (χ3n) is 3.12. The lowest BCUT2D eigenvalue weighted by molar-refractivity contribution is -0.307. The van der Waals surface area contributed by atoms with Crippen LogP contribution in [0.25, 0.3) is 0 Å². The van der Waals surface area contributed by atoms with E-state index in [1.165, 1.54) is 50.6 Å². The van der Waals surface area contributed by atoms with E-state index in [0.717, 1.165) is 0 Å². The Bertz CT molecular complexity index is 847. The van der Waals surface area contributed by atoms with E-state index in [1.54, 1.807) is 6.07 Å². The molecule has 0 aliphatic heterocycles. The zero-order chi connectivity index (χ0) is 18.4. The molecule has 2 aromatic carbocycles. The standard InChI is InChI=1S/C16H17NO7S/c1-22-13-7-8-14(23-2)15(9-13)25(20,21)17-11-3-5-12(6-4-11)24-10-16(18)19/h3-9,17H,10H2,1-2H3,(H,18,19)/p-1. The van der Waals surface area contributed by atoms with Crippen LogP contribution in [0, 0.1) is 0 Å². The van der Waals surface area contributed by atoms with E-state index in [1.807, 2.05) is 0 Å². The smallest absolute Gasteiger partial charge is 0.265 e. The van der Waals surface area contributed by atoms with Crippen molar-refractivity contribution in [2.45, 2.75) is 4.90 Å². The summed E-state index contributed by atoms with van der Waals surface area (Å²) in [6.07, 6.45) is 0. The van der Waals surface area contributed by atoms with Crippen molar-refractivity contribution >= 4 is 21.7 Å². The SMILES string of the molecule is COc1ccc(OC)c(S(=O)(=O)Nc2ccc(OCC(=O)[O-])cc2)c1. The van der Waals surface area contributed by atoms with E-state index in [4.69, 9.17) is 14.2 Å². The van der Waals surface area contributed by atoms with Crippen LogP contribution in [0.2, 0.25) is 0 Å². The summed E-state index contributed by atoms with van der Waals surface area (Å²) in [7, 11) is -1.13. The number of carboxylic acids is 1. The number of aliphatic carboxylic acids is 1. The van der Waals surface area contributed by atoms with Gasteiger partial charge in [-0.25, -0.2) is 8.42 Å². The number of methoxy groups -OCH3 is 2. The highest BCUT2D eigenvalue weighted by atomic mass is 32.2. The predicted octanol–water partition coefficient (Wildman–Crippen LogP) is 0.633. The molecule has 1 N–H and O–H groups in total. The second-order valence-electron chi connectivity index (χ2n) is 4.81. The lowest BCUT2D eigenvalue weighted by atomic mass is 10.3. The summed E-state index contributed by atoms with van der Waals surface area (Å²) in [4.78, 5) is 10.3. The van der Waals surface area contributed by atoms with Crippen LogP contribution in [-0.4, -0.2) is 35.2 Å². The minimum absolute atomic E-state index is 0.0772. The van der Waals surface area contributed by atoms with E-state index in [-0.39, 0.29) is 22.1 Å². The maximum Gasteiger partial charge on any atom is 0.265 e. The van der Waals surface area contributed by atoms with Crippen molar-refractivity contribution in [3.63, 3.8) is 0 Å². The van der Waals surface area contributed by atoms with Gasteiger partial charge >= 0.3 is 0 Å². The van der Waals surface area contributed by atoms with Gasteiger partial charge in [-0.1, -0.05) is 0 Å². The van der Waals surface area contributed by atoms with Crippen molar-refractivity contribution in [2.75, 3.05) is 25.5 Å². The first-order valence-electron chi connectivity index (χ1n) is 7.03. The molecule has 0 saturated heterocycles. The zero-order valence-electron chi connectivity index (χ0n) is 13.5. The Morgan fingerprint density at radius 3 is 2.24 bits per heavy atom. The number of carbonyl (C=O) groups is 1. The number of hydrogen-bond acceptors (Lipinski definition) is 7. The molecule has 8 nitrogen and oxygen atoms in total. The van der Waals surface area contributed by atoms with Crippen LogP contribution in [-0.2, 0) is 14.8 Å². The molecule has 0 bridgehead atoms. The van der Waals surface area contributed by atoms with Gasteiger partial charge in [0.15, 0.2) is 0 Å². The van der Waals surface area contributed by atoms with Gasteiger partial charge < -0.3 is 24.1 Å². The predicted molar refractivity (Wildman–Crippen MR) is 87.3 cm³/mol. The van der Waals surface area contributed by atoms with E-state index in [9.17, 15) is 18.3 Å². The highest BCUT2D eigenvalue weighted by molar-refractivity contribution is 7.92. The molecule has 134 valence electrons. The zero-order valence-corrected chi connectivity index (χ0v) is 14.3. The summed E-state index contributed by atoms with van der Waals surface area (Å²) in [6.45, 7) is -0.591. The fourth-order valence-corrected chi connectivity index (χ4v) is 3.21. The van der Waals surface area contributed by atoms with Crippen molar-refractivity contribution in [2.24, 2.45) is 0 Å². The number of anilines is 1. The number of rotatable bonds is 8. The van der Waals surface area contributed by atoms with Gasteiger partial charge in [0, 0.05) is 11.8 Å². The van der Waals surface area contributed by atoms with E-state index in [2.05, 4.69) is 4.72 Å². The molecule has 9 heteroatoms. The number of hydrogen-bond donors (Lipinski definition) is 1. The van der Waals surface area contributed by atoms with Gasteiger partial charge in [-0.2, -0.15) is 0 Å². The quantitative estimate of drug-likeness (QED) is 0.729. The number of nitrogens with one attached hydrogen (secondary N) is 1. The highest BCUT2D eigenvalue weighted by Crippen LogP contribution is 2.30. The molecule has 0 aliphatic carbocycles. The maximum atomic E-state index is 12.6. The normalized spacial score (nSPS) is 10.8. The van der Waals surface area contributed by atoms with Crippen LogP contribution in [0.3, 0.4) is 0 Å². The van der Waals surface area contributed by atoms with Gasteiger partial charge in [0.2, 0.25) is 0 Å². The third kappa shape index (κ3) is 4.77. The topological polar surface area (TPSA) is 114 Å². The summed E-state index contributed by atoms with van der Waals surface area (Å²) in [5.74, 6) is -0.546. The summed E-state index contributed by atoms with van der Waals surface area (Å²) in [6, 6.07) is 10.2. The Labute approximate surface area is 145 Å². The molecular formula is C16H16NO7S-. The van der Waals surface area contributed by atoms with Crippen LogP contribution in [0.15, 0.2) is 47.4 Å². The Morgan fingerprint density at radius 2 is 1.68 bits per heavy atom. The van der Waals surface area contributed by atoms with Gasteiger partial charge in [-0.3, -0.25) is 4.72 Å². The molecule has 0 radical (unpaired) electrons. The fraction of sp³-hybridized carbons (Fsp3) is 0.188. The van der Waals surface area contributed by atoms with E-state index >= 15 is 0 Å². The van der Waals surface area contributed by atoms with Crippen LogP contribution in [0.4, 0.5) is 5.69 Å². The summed E-state index contributed by atoms with van der Waals surface area (Å²) in [5, 5.41) is 10.3. The maximum absolute atomic E-state index is 12.6. The van der Waals surface area contributed by atoms with Crippen LogP contribution in [0.1, 0.15) is 0 Å². The highest BCUT2D eigenvalue weighted by Gasteiger charge is 2.20. The van der Waals surface area contributed by atoms with Crippen LogP contribution < -0.4 is 24.0 Å². The Kier molecular flexibility index (Phi) is 5.71. The second-order valence-corrected chi connectivity index (χ2v) is 6.46. The fourth-order valence-electron chi connectivity index (χ4n) is 1.97. The minimum atomic E-state index is -3.93. The van der Waals surface area contributed by atoms with Crippen LogP contribution >= 0.6 is 0 Å². The van der Waals surface area contributed by atoms with Gasteiger partial charge in [0.25, 0.3) is 10.0 Å². The van der Waals surface area contributed by atoms with Crippen LogP contribution in [0.5, 0.6) is 17.2 Å². The summed E-state index contributed by atoms with van der Waals surface area (Å²) in [5.41, 5.74) is 0.269. The second kappa shape index (κ2) is 7.75. The van der Waals surface area contributed by atoms with E-state index in [0.29, 0.717) is 5.75 Å². The number of benzene rings is 2. The summed E-state index contributed by atoms with van der Waals surface area (Å²) < 4.78 is 42.6. The average molecular weight is 366 g/mol. The van der Waals surface area contributed by atoms with Crippen molar-refractivity contribution in [3.8, 4) is 17.2 Å². The molecule has 0 fully saturated rings. The van der Waals surface area contributed by atoms with Crippen molar-refractivity contribution in [1.82, 2.24) is 0 Å². The molecular weight excluding hydrogens is 350 g/mol. The Morgan fingerprint density at radius 1 is 1.04 bits per heavy atom. The molecule has 0 heterocycles. The lowest BCUT2D eigenvalue weighted by Gasteiger charge is -2.13. The monoisotopic (exact) mass is 366 g/mol. The van der Waals surface area contributed by atoms with Crippen molar-refractivity contribution in [1.29, 1.82) is 0 Å². The molecule has 0 unspecified atom stereocenters. The number of ether oxygens (including phenoxy) is 3. The molecule has 2 rings (SSSR count).